The monoisotopic (exact) mass is 443 g/mol. The molecule has 162 valence electrons. The van der Waals surface area contributed by atoms with Gasteiger partial charge in [0.25, 0.3) is 5.91 Å². The van der Waals surface area contributed by atoms with Crippen LogP contribution in [0.15, 0.2) is 53.4 Å². The first kappa shape index (κ1) is 22.2. The number of carbonyl (C=O) groups excluding carboxylic acids is 1. The smallest absolute Gasteiger partial charge is 0.257 e. The summed E-state index contributed by atoms with van der Waals surface area (Å²) >= 11 is 0. The van der Waals surface area contributed by atoms with Crippen LogP contribution in [0.4, 0.5) is 21.5 Å². The van der Waals surface area contributed by atoms with Gasteiger partial charge in [0.1, 0.15) is 5.82 Å². The van der Waals surface area contributed by atoms with Crippen LogP contribution >= 0.6 is 0 Å². The highest BCUT2D eigenvalue weighted by Crippen LogP contribution is 2.28. The maximum Gasteiger partial charge on any atom is 0.257 e. The number of amides is 1. The van der Waals surface area contributed by atoms with E-state index < -0.39 is 21.6 Å². The van der Waals surface area contributed by atoms with Crippen LogP contribution in [-0.2, 0) is 9.84 Å². The molecule has 7 nitrogen and oxygen atoms in total. The van der Waals surface area contributed by atoms with Crippen LogP contribution in [0.25, 0.3) is 0 Å². The number of pyridine rings is 1. The van der Waals surface area contributed by atoms with Gasteiger partial charge in [-0.05, 0) is 61.9 Å². The number of sulfone groups is 1. The molecule has 2 N–H and O–H groups in total. The molecule has 3 aromatic rings. The van der Waals surface area contributed by atoms with Crippen LogP contribution in [0.1, 0.15) is 21.6 Å². The minimum atomic E-state index is -3.51. The van der Waals surface area contributed by atoms with E-state index in [4.69, 9.17) is 4.74 Å². The highest BCUT2D eigenvalue weighted by Gasteiger charge is 2.18. The summed E-state index contributed by atoms with van der Waals surface area (Å²) in [5.41, 5.74) is 2.68. The molecular weight excluding hydrogens is 421 g/mol. The molecular formula is C22H22FN3O4S. The maximum absolute atomic E-state index is 13.5. The zero-order chi connectivity index (χ0) is 22.8. The Morgan fingerprint density at radius 2 is 1.71 bits per heavy atom. The van der Waals surface area contributed by atoms with E-state index in [9.17, 15) is 17.6 Å². The van der Waals surface area contributed by atoms with Crippen LogP contribution in [0.3, 0.4) is 0 Å². The molecule has 1 heterocycles. The Morgan fingerprint density at radius 3 is 2.32 bits per heavy atom. The third-order valence-corrected chi connectivity index (χ3v) is 5.75. The third-order valence-electron chi connectivity index (χ3n) is 4.64. The second-order valence-electron chi connectivity index (χ2n) is 7.00. The number of rotatable bonds is 6. The second-order valence-corrected chi connectivity index (χ2v) is 9.02. The van der Waals surface area contributed by atoms with Crippen molar-refractivity contribution in [3.05, 3.63) is 71.2 Å². The molecule has 0 aliphatic heterocycles. The summed E-state index contributed by atoms with van der Waals surface area (Å²) in [6.45, 7) is 3.43. The fourth-order valence-electron chi connectivity index (χ4n) is 2.94. The summed E-state index contributed by atoms with van der Waals surface area (Å²) in [4.78, 5) is 17.3. The second kappa shape index (κ2) is 8.73. The number of halogens is 1. The van der Waals surface area contributed by atoms with E-state index in [1.807, 2.05) is 0 Å². The standard InChI is InChI=1S/C22H22FN3O4S/c1-13-11-15(23)5-8-18(13)25-20-12-16(31(4,28)29)6-7-17(20)22(27)26-19-9-10-21(30-3)24-14(19)2/h5-12,25H,1-4H3,(H,26,27). The average Bonchev–Trinajstić information content (AvgIpc) is 2.70. The molecule has 0 spiro atoms. The molecule has 31 heavy (non-hydrogen) atoms. The minimum absolute atomic E-state index is 0.0496. The fraction of sp³-hybridized carbons (Fsp3) is 0.182. The lowest BCUT2D eigenvalue weighted by atomic mass is 10.1. The van der Waals surface area contributed by atoms with Crippen LogP contribution in [-0.4, -0.2) is 32.7 Å². The van der Waals surface area contributed by atoms with Crippen molar-refractivity contribution in [3.8, 4) is 5.88 Å². The number of methoxy groups -OCH3 is 1. The Kier molecular flexibility index (Phi) is 6.26. The fourth-order valence-corrected chi connectivity index (χ4v) is 3.59. The number of aromatic nitrogens is 1. The highest BCUT2D eigenvalue weighted by molar-refractivity contribution is 7.90. The van der Waals surface area contributed by atoms with E-state index in [0.717, 1.165) is 6.26 Å². The number of benzene rings is 2. The van der Waals surface area contributed by atoms with Gasteiger partial charge >= 0.3 is 0 Å². The quantitative estimate of drug-likeness (QED) is 0.591. The number of nitrogens with one attached hydrogen (secondary N) is 2. The summed E-state index contributed by atoms with van der Waals surface area (Å²) in [5.74, 6) is -0.437. The SMILES string of the molecule is COc1ccc(NC(=O)c2ccc(S(C)(=O)=O)cc2Nc2ccc(F)cc2C)c(C)n1. The van der Waals surface area contributed by atoms with Crippen LogP contribution in [0.5, 0.6) is 5.88 Å². The summed E-state index contributed by atoms with van der Waals surface area (Å²) < 4.78 is 42.6. The van der Waals surface area contributed by atoms with Gasteiger partial charge in [0.05, 0.1) is 34.6 Å². The number of hydrogen-bond donors (Lipinski definition) is 2. The molecule has 0 radical (unpaired) electrons. The minimum Gasteiger partial charge on any atom is -0.481 e. The van der Waals surface area contributed by atoms with Crippen molar-refractivity contribution in [2.75, 3.05) is 24.0 Å². The lowest BCUT2D eigenvalue weighted by Crippen LogP contribution is -2.16. The maximum atomic E-state index is 13.5. The van der Waals surface area contributed by atoms with E-state index in [0.29, 0.717) is 28.5 Å². The molecule has 0 bridgehead atoms. The van der Waals surface area contributed by atoms with Gasteiger partial charge in [-0.1, -0.05) is 0 Å². The molecule has 0 unspecified atom stereocenters. The van der Waals surface area contributed by atoms with E-state index in [2.05, 4.69) is 15.6 Å². The zero-order valence-electron chi connectivity index (χ0n) is 17.5. The first-order chi connectivity index (χ1) is 14.6. The molecule has 0 saturated heterocycles. The third kappa shape index (κ3) is 5.18. The topological polar surface area (TPSA) is 97.4 Å². The van der Waals surface area contributed by atoms with Gasteiger partial charge < -0.3 is 15.4 Å². The van der Waals surface area contributed by atoms with E-state index in [-0.39, 0.29) is 16.1 Å². The van der Waals surface area contributed by atoms with Gasteiger partial charge in [-0.15, -0.1) is 0 Å². The van der Waals surface area contributed by atoms with Crippen molar-refractivity contribution >= 4 is 32.8 Å². The van der Waals surface area contributed by atoms with Crippen LogP contribution < -0.4 is 15.4 Å². The van der Waals surface area contributed by atoms with E-state index in [1.54, 1.807) is 26.0 Å². The zero-order valence-corrected chi connectivity index (χ0v) is 18.3. The summed E-state index contributed by atoms with van der Waals surface area (Å²) in [7, 11) is -2.01. The van der Waals surface area contributed by atoms with Crippen LogP contribution in [0, 0.1) is 19.7 Å². The van der Waals surface area contributed by atoms with Crippen molar-refractivity contribution in [2.45, 2.75) is 18.7 Å². The lowest BCUT2D eigenvalue weighted by Gasteiger charge is -2.16. The number of carbonyl (C=O) groups is 1. The number of ether oxygens (including phenoxy) is 1. The molecule has 0 saturated carbocycles. The highest BCUT2D eigenvalue weighted by atomic mass is 32.2. The average molecular weight is 444 g/mol. The van der Waals surface area contributed by atoms with Gasteiger partial charge in [0.2, 0.25) is 5.88 Å². The normalized spacial score (nSPS) is 11.1. The van der Waals surface area contributed by atoms with Gasteiger partial charge in [0, 0.05) is 18.0 Å². The van der Waals surface area contributed by atoms with Crippen molar-refractivity contribution in [1.82, 2.24) is 4.98 Å². The Labute approximate surface area is 180 Å². The largest absolute Gasteiger partial charge is 0.481 e. The Morgan fingerprint density at radius 1 is 1.00 bits per heavy atom. The van der Waals surface area contributed by atoms with Crippen molar-refractivity contribution in [1.29, 1.82) is 0 Å². The summed E-state index contributed by atoms with van der Waals surface area (Å²) in [5, 5.41) is 5.83. The van der Waals surface area contributed by atoms with Gasteiger partial charge in [-0.3, -0.25) is 4.79 Å². The molecule has 9 heteroatoms. The van der Waals surface area contributed by atoms with Gasteiger partial charge in [-0.25, -0.2) is 17.8 Å². The molecule has 0 atom stereocenters. The Bertz CT molecular complexity index is 1260. The van der Waals surface area contributed by atoms with E-state index in [1.165, 1.54) is 43.5 Å². The van der Waals surface area contributed by atoms with Gasteiger partial charge in [0.15, 0.2) is 9.84 Å². The number of anilines is 3. The molecule has 1 aromatic heterocycles. The molecule has 0 aliphatic rings. The number of nitrogens with zero attached hydrogens (tertiary/aromatic N) is 1. The Hall–Kier alpha value is -3.46. The van der Waals surface area contributed by atoms with Crippen molar-refractivity contribution in [2.24, 2.45) is 0 Å². The van der Waals surface area contributed by atoms with Crippen LogP contribution in [0.2, 0.25) is 0 Å². The molecule has 3 rings (SSSR count). The van der Waals surface area contributed by atoms with Gasteiger partial charge in [-0.2, -0.15) is 0 Å². The predicted molar refractivity (Wildman–Crippen MR) is 117 cm³/mol. The molecule has 0 fully saturated rings. The first-order valence-corrected chi connectivity index (χ1v) is 11.2. The summed E-state index contributed by atoms with van der Waals surface area (Å²) in [6, 6.07) is 11.6. The summed E-state index contributed by atoms with van der Waals surface area (Å²) in [6.07, 6.45) is 1.08. The number of hydrogen-bond acceptors (Lipinski definition) is 6. The molecule has 0 aliphatic carbocycles. The Balaban J connectivity index is 2.01. The molecule has 1 amide bonds. The number of aryl methyl sites for hydroxylation is 2. The lowest BCUT2D eigenvalue weighted by molar-refractivity contribution is 0.102. The van der Waals surface area contributed by atoms with Crippen molar-refractivity contribution < 1.29 is 22.3 Å². The first-order valence-electron chi connectivity index (χ1n) is 9.29. The van der Waals surface area contributed by atoms with Crippen molar-refractivity contribution in [3.63, 3.8) is 0 Å². The van der Waals surface area contributed by atoms with E-state index >= 15 is 0 Å². The predicted octanol–water partition coefficient (Wildman–Crippen LogP) is 4.25. The molecule has 2 aromatic carbocycles.